The molecule has 1 heterocycles. The minimum atomic E-state index is 0.839. The molecule has 132 valence electrons. The Morgan fingerprint density at radius 2 is 0.727 bits per heavy atom. The summed E-state index contributed by atoms with van der Waals surface area (Å²) in [5.41, 5.74) is 0. The smallest absolute Gasteiger partial charge is 0.00708 e. The SMILES string of the molecule is CC1CSSCCCSSCCCSSCC(C)CSSC1. The van der Waals surface area contributed by atoms with Crippen molar-refractivity contribution in [1.82, 2.24) is 0 Å². The van der Waals surface area contributed by atoms with Crippen LogP contribution in [0.25, 0.3) is 0 Å². The Morgan fingerprint density at radius 1 is 0.455 bits per heavy atom. The van der Waals surface area contributed by atoms with Gasteiger partial charge in [0.1, 0.15) is 0 Å². The van der Waals surface area contributed by atoms with Gasteiger partial charge in [0, 0.05) is 46.0 Å². The highest BCUT2D eigenvalue weighted by Crippen LogP contribution is 2.33. The van der Waals surface area contributed by atoms with Crippen molar-refractivity contribution in [2.24, 2.45) is 11.8 Å². The molecule has 1 saturated heterocycles. The van der Waals surface area contributed by atoms with E-state index in [0.29, 0.717) is 0 Å². The maximum absolute atomic E-state index is 2.40. The maximum atomic E-state index is 2.40. The molecule has 0 bridgehead atoms. The Balaban J connectivity index is 2.16. The van der Waals surface area contributed by atoms with Gasteiger partial charge in [-0.1, -0.05) is 100 Å². The summed E-state index contributed by atoms with van der Waals surface area (Å²) in [6.07, 6.45) is 2.72. The minimum absolute atomic E-state index is 0.839. The summed E-state index contributed by atoms with van der Waals surface area (Å²) in [6, 6.07) is 0. The Hall–Kier alpha value is 2.80. The van der Waals surface area contributed by atoms with Gasteiger partial charge in [-0.2, -0.15) is 0 Å². The molecular weight excluding hydrogens is 425 g/mol. The first-order valence-corrected chi connectivity index (χ1v) is 17.7. The molecule has 0 radical (unpaired) electrons. The molecule has 0 spiro atoms. The summed E-state index contributed by atoms with van der Waals surface area (Å²) >= 11 is 0. The van der Waals surface area contributed by atoms with Crippen LogP contribution in [-0.4, -0.2) is 46.0 Å². The largest absolute Gasteiger partial charge is 0.0941 e. The van der Waals surface area contributed by atoms with Crippen molar-refractivity contribution in [3.8, 4) is 0 Å². The van der Waals surface area contributed by atoms with Gasteiger partial charge in [-0.25, -0.2) is 0 Å². The first kappa shape index (κ1) is 22.8. The van der Waals surface area contributed by atoms with Crippen LogP contribution in [-0.2, 0) is 0 Å². The van der Waals surface area contributed by atoms with Crippen molar-refractivity contribution in [3.05, 3.63) is 0 Å². The van der Waals surface area contributed by atoms with Gasteiger partial charge >= 0.3 is 0 Å². The lowest BCUT2D eigenvalue weighted by molar-refractivity contribution is 0.765. The van der Waals surface area contributed by atoms with E-state index >= 15 is 0 Å². The van der Waals surface area contributed by atoms with Crippen LogP contribution in [0.2, 0.25) is 0 Å². The average molecular weight is 453 g/mol. The Bertz CT molecular complexity index is 217. The van der Waals surface area contributed by atoms with E-state index in [-0.39, 0.29) is 0 Å². The van der Waals surface area contributed by atoms with Gasteiger partial charge < -0.3 is 0 Å². The fraction of sp³-hybridized carbons (Fsp3) is 1.00. The van der Waals surface area contributed by atoms with Crippen molar-refractivity contribution < 1.29 is 0 Å². The molecule has 0 amide bonds. The van der Waals surface area contributed by atoms with Gasteiger partial charge in [-0.3, -0.25) is 0 Å². The van der Waals surface area contributed by atoms with Gasteiger partial charge in [-0.15, -0.1) is 0 Å². The molecule has 8 heteroatoms. The van der Waals surface area contributed by atoms with E-state index in [0.717, 1.165) is 11.8 Å². The summed E-state index contributed by atoms with van der Waals surface area (Å²) in [5.74, 6) is 12.2. The number of hydrogen-bond donors (Lipinski definition) is 0. The van der Waals surface area contributed by atoms with Gasteiger partial charge in [0.15, 0.2) is 0 Å². The average Bonchev–Trinajstić information content (AvgIpc) is 2.51. The summed E-state index contributed by atoms with van der Waals surface area (Å²) in [4.78, 5) is 0. The molecular formula is C14H28S8. The van der Waals surface area contributed by atoms with Crippen LogP contribution in [0.3, 0.4) is 0 Å². The number of rotatable bonds is 0. The van der Waals surface area contributed by atoms with Crippen molar-refractivity contribution in [3.63, 3.8) is 0 Å². The zero-order valence-corrected chi connectivity index (χ0v) is 20.0. The van der Waals surface area contributed by atoms with E-state index < -0.39 is 0 Å². The molecule has 0 aromatic rings. The van der Waals surface area contributed by atoms with Crippen LogP contribution in [0.15, 0.2) is 0 Å². The van der Waals surface area contributed by atoms with E-state index in [4.69, 9.17) is 0 Å². The van der Waals surface area contributed by atoms with Gasteiger partial charge in [-0.05, 0) is 24.7 Å². The van der Waals surface area contributed by atoms with Crippen LogP contribution < -0.4 is 0 Å². The van der Waals surface area contributed by atoms with E-state index in [1.165, 1.54) is 58.9 Å². The van der Waals surface area contributed by atoms with Crippen molar-refractivity contribution in [2.45, 2.75) is 26.7 Å². The lowest BCUT2D eigenvalue weighted by Gasteiger charge is -2.12. The van der Waals surface area contributed by atoms with Gasteiger partial charge in [0.25, 0.3) is 0 Å². The van der Waals surface area contributed by atoms with Gasteiger partial charge in [0.2, 0.25) is 0 Å². The molecule has 22 heavy (non-hydrogen) atoms. The predicted molar refractivity (Wildman–Crippen MR) is 127 cm³/mol. The monoisotopic (exact) mass is 452 g/mol. The zero-order chi connectivity index (χ0) is 15.9. The van der Waals surface area contributed by atoms with E-state index in [2.05, 4.69) is 100 Å². The third-order valence-electron chi connectivity index (χ3n) is 2.65. The molecule has 0 N–H and O–H groups in total. The zero-order valence-electron chi connectivity index (χ0n) is 13.5. The molecule has 1 aliphatic heterocycles. The third-order valence-corrected chi connectivity index (χ3v) is 13.6. The molecule has 0 aromatic carbocycles. The summed E-state index contributed by atoms with van der Waals surface area (Å²) < 4.78 is 0. The third kappa shape index (κ3) is 15.1. The lowest BCUT2D eigenvalue weighted by Crippen LogP contribution is -2.02. The second-order valence-electron chi connectivity index (χ2n) is 5.34. The highest BCUT2D eigenvalue weighted by Gasteiger charge is 2.07. The van der Waals surface area contributed by atoms with E-state index in [9.17, 15) is 0 Å². The molecule has 0 aliphatic carbocycles. The fourth-order valence-electron chi connectivity index (χ4n) is 1.34. The van der Waals surface area contributed by atoms with Crippen molar-refractivity contribution in [1.29, 1.82) is 0 Å². The highest BCUT2D eigenvalue weighted by atomic mass is 33.1. The topological polar surface area (TPSA) is 0 Å². The molecule has 1 rings (SSSR count). The first-order chi connectivity index (χ1) is 10.8. The standard InChI is InChI=1S/C14H28S8/c1-13-9-19-17-7-3-5-15-16-6-4-8-18-20-10-14(2)12-22-21-11-13/h13-14H,3-12H2,1-2H3. The van der Waals surface area contributed by atoms with Crippen LogP contribution >= 0.6 is 86.4 Å². The van der Waals surface area contributed by atoms with Crippen LogP contribution in [0, 0.1) is 11.8 Å². The van der Waals surface area contributed by atoms with E-state index in [1.54, 1.807) is 0 Å². The van der Waals surface area contributed by atoms with Crippen molar-refractivity contribution >= 4 is 86.4 Å². The van der Waals surface area contributed by atoms with E-state index in [1.807, 2.05) is 0 Å². The Labute approximate surface area is 169 Å². The molecule has 2 atom stereocenters. The summed E-state index contributed by atoms with van der Waals surface area (Å²) in [6.45, 7) is 4.80. The normalized spacial score (nSPS) is 29.7. The quantitative estimate of drug-likeness (QED) is 0.340. The number of hydrogen-bond acceptors (Lipinski definition) is 8. The second-order valence-corrected chi connectivity index (χ2v) is 15.9. The minimum Gasteiger partial charge on any atom is -0.0941 e. The Morgan fingerprint density at radius 3 is 1.09 bits per heavy atom. The predicted octanol–water partition coefficient (Wildman–Crippen LogP) is 7.58. The first-order valence-electron chi connectivity index (χ1n) is 7.76. The van der Waals surface area contributed by atoms with Crippen LogP contribution in [0.4, 0.5) is 0 Å². The van der Waals surface area contributed by atoms with Gasteiger partial charge in [0.05, 0.1) is 0 Å². The summed E-state index contributed by atoms with van der Waals surface area (Å²) in [5, 5.41) is 0. The molecule has 0 aromatic heterocycles. The molecule has 0 nitrogen and oxygen atoms in total. The summed E-state index contributed by atoms with van der Waals surface area (Å²) in [7, 11) is 16.6. The maximum Gasteiger partial charge on any atom is 0.00708 e. The molecule has 0 saturated carbocycles. The molecule has 2 unspecified atom stereocenters. The van der Waals surface area contributed by atoms with Crippen LogP contribution in [0.1, 0.15) is 26.7 Å². The highest BCUT2D eigenvalue weighted by molar-refractivity contribution is 8.78. The second kappa shape index (κ2) is 17.2. The molecule has 1 aliphatic rings. The fourth-order valence-corrected chi connectivity index (χ4v) is 12.1. The lowest BCUT2D eigenvalue weighted by atomic mass is 10.3. The van der Waals surface area contributed by atoms with Crippen molar-refractivity contribution in [2.75, 3.05) is 46.0 Å². The van der Waals surface area contributed by atoms with Crippen LogP contribution in [0.5, 0.6) is 0 Å². The molecule has 1 fully saturated rings. The Kier molecular flexibility index (Phi) is 17.9.